The smallest absolute Gasteiger partial charge is 0.00676 e. The zero-order chi connectivity index (χ0) is 13.8. The number of benzene rings is 1. The summed E-state index contributed by atoms with van der Waals surface area (Å²) in [4.78, 5) is 2.46. The van der Waals surface area contributed by atoms with Gasteiger partial charge in [0.25, 0.3) is 0 Å². The summed E-state index contributed by atoms with van der Waals surface area (Å²) in [6.45, 7) is 3.80. The Kier molecular flexibility index (Phi) is 4.74. The van der Waals surface area contributed by atoms with Gasteiger partial charge in [0.05, 0.1) is 0 Å². The standard InChI is InChI=1S/C18H28N2/c1-20-12-11-15(14-20)13-19-18-9-7-17(8-10-18)16-5-3-2-4-6-16/h2-6,15,17-19H,7-14H2,1H3. The molecule has 1 aromatic carbocycles. The molecular weight excluding hydrogens is 244 g/mol. The molecule has 20 heavy (non-hydrogen) atoms. The highest BCUT2D eigenvalue weighted by atomic mass is 15.1. The summed E-state index contributed by atoms with van der Waals surface area (Å²) < 4.78 is 0. The topological polar surface area (TPSA) is 15.3 Å². The molecule has 1 aliphatic heterocycles. The van der Waals surface area contributed by atoms with E-state index in [4.69, 9.17) is 0 Å². The molecule has 1 N–H and O–H groups in total. The van der Waals surface area contributed by atoms with Crippen molar-refractivity contribution in [2.24, 2.45) is 5.92 Å². The van der Waals surface area contributed by atoms with Gasteiger partial charge in [0, 0.05) is 12.6 Å². The van der Waals surface area contributed by atoms with Crippen LogP contribution in [0.2, 0.25) is 0 Å². The number of nitrogens with zero attached hydrogens (tertiary/aromatic N) is 1. The second-order valence-corrected chi connectivity index (χ2v) is 6.78. The Morgan fingerprint density at radius 2 is 1.80 bits per heavy atom. The van der Waals surface area contributed by atoms with Crippen molar-refractivity contribution in [3.63, 3.8) is 0 Å². The van der Waals surface area contributed by atoms with Crippen molar-refractivity contribution >= 4 is 0 Å². The van der Waals surface area contributed by atoms with E-state index in [1.807, 2.05) is 0 Å². The first-order valence-electron chi connectivity index (χ1n) is 8.28. The largest absolute Gasteiger partial charge is 0.314 e. The molecule has 0 amide bonds. The van der Waals surface area contributed by atoms with E-state index in [1.54, 1.807) is 5.56 Å². The summed E-state index contributed by atoms with van der Waals surface area (Å²) in [7, 11) is 2.24. The summed E-state index contributed by atoms with van der Waals surface area (Å²) in [5.74, 6) is 1.68. The zero-order valence-corrected chi connectivity index (χ0v) is 12.7. The van der Waals surface area contributed by atoms with Crippen LogP contribution in [0.3, 0.4) is 0 Å². The third-order valence-corrected chi connectivity index (χ3v) is 5.18. The molecule has 2 fully saturated rings. The summed E-state index contributed by atoms with van der Waals surface area (Å²) in [6, 6.07) is 11.8. The van der Waals surface area contributed by atoms with E-state index in [0.717, 1.165) is 17.9 Å². The molecule has 0 radical (unpaired) electrons. The van der Waals surface area contributed by atoms with Crippen molar-refractivity contribution in [1.82, 2.24) is 10.2 Å². The normalized spacial score (nSPS) is 31.6. The molecular formula is C18H28N2. The van der Waals surface area contributed by atoms with E-state index in [2.05, 4.69) is 47.6 Å². The van der Waals surface area contributed by atoms with Gasteiger partial charge in [-0.05, 0) is 69.6 Å². The number of rotatable bonds is 4. The quantitative estimate of drug-likeness (QED) is 0.905. The fraction of sp³-hybridized carbons (Fsp3) is 0.667. The van der Waals surface area contributed by atoms with Gasteiger partial charge in [0.1, 0.15) is 0 Å². The lowest BCUT2D eigenvalue weighted by Crippen LogP contribution is -2.36. The molecule has 110 valence electrons. The van der Waals surface area contributed by atoms with Crippen LogP contribution in [-0.4, -0.2) is 37.6 Å². The van der Waals surface area contributed by atoms with Crippen LogP contribution in [0, 0.1) is 5.92 Å². The van der Waals surface area contributed by atoms with Crippen molar-refractivity contribution in [2.45, 2.75) is 44.1 Å². The van der Waals surface area contributed by atoms with Crippen LogP contribution in [-0.2, 0) is 0 Å². The van der Waals surface area contributed by atoms with Crippen molar-refractivity contribution in [1.29, 1.82) is 0 Å². The monoisotopic (exact) mass is 272 g/mol. The molecule has 0 aromatic heterocycles. The van der Waals surface area contributed by atoms with Crippen LogP contribution in [0.25, 0.3) is 0 Å². The maximum atomic E-state index is 3.83. The highest BCUT2D eigenvalue weighted by Gasteiger charge is 2.24. The summed E-state index contributed by atoms with van der Waals surface area (Å²) in [5, 5.41) is 3.83. The Balaban J connectivity index is 1.40. The fourth-order valence-corrected chi connectivity index (χ4v) is 3.88. The molecule has 1 heterocycles. The van der Waals surface area contributed by atoms with Crippen LogP contribution in [0.4, 0.5) is 0 Å². The molecule has 0 spiro atoms. The second kappa shape index (κ2) is 6.73. The molecule has 2 nitrogen and oxygen atoms in total. The van der Waals surface area contributed by atoms with E-state index < -0.39 is 0 Å². The molecule has 1 unspecified atom stereocenters. The predicted molar refractivity (Wildman–Crippen MR) is 85.0 cm³/mol. The van der Waals surface area contributed by atoms with Crippen LogP contribution in [0.1, 0.15) is 43.6 Å². The summed E-state index contributed by atoms with van der Waals surface area (Å²) in [6.07, 6.45) is 6.78. The van der Waals surface area contributed by atoms with Gasteiger partial charge in [0.15, 0.2) is 0 Å². The zero-order valence-electron chi connectivity index (χ0n) is 12.7. The minimum atomic E-state index is 0.765. The molecule has 1 saturated heterocycles. The molecule has 1 aromatic rings. The minimum Gasteiger partial charge on any atom is -0.314 e. The first kappa shape index (κ1) is 14.1. The number of nitrogens with one attached hydrogen (secondary N) is 1. The van der Waals surface area contributed by atoms with Gasteiger partial charge in [-0.15, -0.1) is 0 Å². The molecule has 1 atom stereocenters. The molecule has 1 aliphatic carbocycles. The van der Waals surface area contributed by atoms with E-state index in [9.17, 15) is 0 Å². The average Bonchev–Trinajstić information content (AvgIpc) is 2.92. The van der Waals surface area contributed by atoms with Crippen molar-refractivity contribution in [3.8, 4) is 0 Å². The van der Waals surface area contributed by atoms with Gasteiger partial charge in [-0.3, -0.25) is 0 Å². The Labute approximate surface area is 123 Å². The molecule has 2 aliphatic rings. The van der Waals surface area contributed by atoms with Gasteiger partial charge in [-0.1, -0.05) is 30.3 Å². The Morgan fingerprint density at radius 3 is 2.45 bits per heavy atom. The minimum absolute atomic E-state index is 0.765. The van der Waals surface area contributed by atoms with Crippen LogP contribution in [0.15, 0.2) is 30.3 Å². The third kappa shape index (κ3) is 3.62. The maximum Gasteiger partial charge on any atom is 0.00676 e. The molecule has 0 bridgehead atoms. The Bertz CT molecular complexity index is 395. The van der Waals surface area contributed by atoms with Gasteiger partial charge >= 0.3 is 0 Å². The van der Waals surface area contributed by atoms with E-state index in [-0.39, 0.29) is 0 Å². The van der Waals surface area contributed by atoms with E-state index in [0.29, 0.717) is 0 Å². The number of hydrogen-bond acceptors (Lipinski definition) is 2. The Morgan fingerprint density at radius 1 is 1.05 bits per heavy atom. The predicted octanol–water partition coefficient (Wildman–Crippen LogP) is 3.25. The lowest BCUT2D eigenvalue weighted by molar-refractivity contribution is 0.319. The van der Waals surface area contributed by atoms with Crippen LogP contribution < -0.4 is 5.32 Å². The highest BCUT2D eigenvalue weighted by molar-refractivity contribution is 5.20. The lowest BCUT2D eigenvalue weighted by atomic mass is 9.81. The summed E-state index contributed by atoms with van der Waals surface area (Å²) >= 11 is 0. The van der Waals surface area contributed by atoms with E-state index in [1.165, 1.54) is 51.7 Å². The first-order chi connectivity index (χ1) is 9.81. The van der Waals surface area contributed by atoms with Crippen molar-refractivity contribution < 1.29 is 0 Å². The van der Waals surface area contributed by atoms with Crippen molar-refractivity contribution in [3.05, 3.63) is 35.9 Å². The van der Waals surface area contributed by atoms with Crippen LogP contribution in [0.5, 0.6) is 0 Å². The first-order valence-corrected chi connectivity index (χ1v) is 8.28. The third-order valence-electron chi connectivity index (χ3n) is 5.18. The van der Waals surface area contributed by atoms with Gasteiger partial charge in [0.2, 0.25) is 0 Å². The molecule has 2 heteroatoms. The van der Waals surface area contributed by atoms with Gasteiger partial charge in [-0.2, -0.15) is 0 Å². The lowest BCUT2D eigenvalue weighted by Gasteiger charge is -2.30. The Hall–Kier alpha value is -0.860. The highest BCUT2D eigenvalue weighted by Crippen LogP contribution is 2.32. The van der Waals surface area contributed by atoms with E-state index >= 15 is 0 Å². The SMILES string of the molecule is CN1CCC(CNC2CCC(c3ccccc3)CC2)C1. The van der Waals surface area contributed by atoms with Gasteiger partial charge in [-0.25, -0.2) is 0 Å². The fourth-order valence-electron chi connectivity index (χ4n) is 3.88. The van der Waals surface area contributed by atoms with Crippen LogP contribution >= 0.6 is 0 Å². The van der Waals surface area contributed by atoms with Crippen molar-refractivity contribution in [2.75, 3.05) is 26.7 Å². The molecule has 3 rings (SSSR count). The second-order valence-electron chi connectivity index (χ2n) is 6.78. The number of likely N-dealkylation sites (tertiary alicyclic amines) is 1. The average molecular weight is 272 g/mol. The molecule has 1 saturated carbocycles. The van der Waals surface area contributed by atoms with Gasteiger partial charge < -0.3 is 10.2 Å². The number of hydrogen-bond donors (Lipinski definition) is 1. The maximum absolute atomic E-state index is 3.83. The summed E-state index contributed by atoms with van der Waals surface area (Å²) in [5.41, 5.74) is 1.54.